The Bertz CT molecular complexity index is 615. The highest BCUT2D eigenvalue weighted by Gasteiger charge is 2.31. The van der Waals surface area contributed by atoms with Crippen molar-refractivity contribution in [3.05, 3.63) is 40.1 Å². The Labute approximate surface area is 156 Å². The Kier molecular flexibility index (Phi) is 6.68. The maximum Gasteiger partial charge on any atom is 0.217 e. The van der Waals surface area contributed by atoms with Gasteiger partial charge in [0.2, 0.25) is 5.91 Å². The van der Waals surface area contributed by atoms with E-state index in [1.54, 1.807) is 0 Å². The lowest BCUT2D eigenvalue weighted by Gasteiger charge is -2.40. The van der Waals surface area contributed by atoms with Gasteiger partial charge in [-0.05, 0) is 35.9 Å². The molecule has 1 fully saturated rings. The SMILES string of the molecule is CC(CCC(N)=O)CNCc1ccc2c(c1)CC[NH+]([O-])C2CC1CCC1. The summed E-state index contributed by atoms with van der Waals surface area (Å²) in [7, 11) is 0. The van der Waals surface area contributed by atoms with Gasteiger partial charge in [0, 0.05) is 31.4 Å². The number of quaternary nitrogens is 1. The summed E-state index contributed by atoms with van der Waals surface area (Å²) in [6.07, 6.45) is 7.17. The van der Waals surface area contributed by atoms with Gasteiger partial charge in [0.25, 0.3) is 0 Å². The molecule has 2 aliphatic rings. The molecule has 3 atom stereocenters. The Balaban J connectivity index is 1.53. The minimum Gasteiger partial charge on any atom is -0.634 e. The van der Waals surface area contributed by atoms with Crippen LogP contribution in [-0.2, 0) is 17.8 Å². The zero-order valence-electron chi connectivity index (χ0n) is 15.9. The van der Waals surface area contributed by atoms with Crippen LogP contribution in [0.2, 0.25) is 0 Å². The molecule has 1 aliphatic heterocycles. The van der Waals surface area contributed by atoms with Gasteiger partial charge in [0.1, 0.15) is 6.04 Å². The Morgan fingerprint density at radius 3 is 2.92 bits per heavy atom. The second kappa shape index (κ2) is 8.98. The van der Waals surface area contributed by atoms with E-state index < -0.39 is 0 Å². The largest absolute Gasteiger partial charge is 0.634 e. The Hall–Kier alpha value is -1.43. The first-order chi connectivity index (χ1) is 12.5. The maximum absolute atomic E-state index is 12.4. The summed E-state index contributed by atoms with van der Waals surface area (Å²) in [4.78, 5) is 10.9. The van der Waals surface area contributed by atoms with Crippen molar-refractivity contribution in [2.75, 3.05) is 13.1 Å². The molecule has 1 saturated carbocycles. The molecule has 0 saturated heterocycles. The highest BCUT2D eigenvalue weighted by Crippen LogP contribution is 2.35. The third kappa shape index (κ3) is 5.06. The number of carbonyl (C=O) groups is 1. The van der Waals surface area contributed by atoms with Crippen LogP contribution in [0.5, 0.6) is 0 Å². The average molecular weight is 360 g/mol. The van der Waals surface area contributed by atoms with E-state index >= 15 is 0 Å². The molecular weight excluding hydrogens is 326 g/mol. The predicted molar refractivity (Wildman–Crippen MR) is 103 cm³/mol. The molecule has 3 rings (SSSR count). The van der Waals surface area contributed by atoms with E-state index in [4.69, 9.17) is 5.73 Å². The van der Waals surface area contributed by atoms with E-state index in [0.29, 0.717) is 23.9 Å². The number of primary amides is 1. The standard InChI is InChI=1S/C21H33N3O2/c1-15(5-8-21(22)25)13-23-14-17-6-7-19-18(11-17)9-10-24(26)20(19)12-16-3-2-4-16/h6-7,11,15-16,20,23-24H,2-5,8-10,12-14H2,1H3,(H2,22,25). The van der Waals surface area contributed by atoms with Crippen molar-refractivity contribution in [1.82, 2.24) is 5.32 Å². The molecule has 4 N–H and O–H groups in total. The second-order valence-corrected chi connectivity index (χ2v) is 8.33. The number of fused-ring (bicyclic) bond motifs is 1. The van der Waals surface area contributed by atoms with E-state index in [-0.39, 0.29) is 11.9 Å². The number of amides is 1. The molecule has 0 radical (unpaired) electrons. The molecule has 0 bridgehead atoms. The highest BCUT2D eigenvalue weighted by molar-refractivity contribution is 5.73. The minimum atomic E-state index is -0.225. The zero-order valence-corrected chi connectivity index (χ0v) is 15.9. The van der Waals surface area contributed by atoms with Crippen LogP contribution in [0.3, 0.4) is 0 Å². The van der Waals surface area contributed by atoms with Crippen LogP contribution >= 0.6 is 0 Å². The molecule has 5 heteroatoms. The number of hydrogen-bond acceptors (Lipinski definition) is 3. The molecule has 1 aliphatic carbocycles. The molecule has 1 amide bonds. The van der Waals surface area contributed by atoms with E-state index in [0.717, 1.165) is 38.3 Å². The highest BCUT2D eigenvalue weighted by atomic mass is 16.5. The third-order valence-electron chi connectivity index (χ3n) is 6.11. The van der Waals surface area contributed by atoms with Crippen LogP contribution in [0.1, 0.15) is 68.2 Å². The number of rotatable bonds is 9. The lowest BCUT2D eigenvalue weighted by molar-refractivity contribution is -0.885. The van der Waals surface area contributed by atoms with Crippen molar-refractivity contribution in [2.45, 2.75) is 64.5 Å². The molecule has 1 aromatic rings. The molecule has 0 aromatic heterocycles. The third-order valence-corrected chi connectivity index (χ3v) is 6.11. The van der Waals surface area contributed by atoms with Crippen molar-refractivity contribution in [3.8, 4) is 0 Å². The van der Waals surface area contributed by atoms with Gasteiger partial charge in [-0.1, -0.05) is 44.4 Å². The van der Waals surface area contributed by atoms with E-state index in [9.17, 15) is 10.0 Å². The molecule has 1 aromatic carbocycles. The maximum atomic E-state index is 12.4. The lowest BCUT2D eigenvalue weighted by Crippen LogP contribution is -3.08. The average Bonchev–Trinajstić information content (AvgIpc) is 2.57. The number of hydrogen-bond donors (Lipinski definition) is 3. The van der Waals surface area contributed by atoms with Crippen LogP contribution < -0.4 is 16.1 Å². The summed E-state index contributed by atoms with van der Waals surface area (Å²) in [5.41, 5.74) is 9.14. The van der Waals surface area contributed by atoms with Gasteiger partial charge in [-0.2, -0.15) is 0 Å². The van der Waals surface area contributed by atoms with Gasteiger partial charge in [-0.25, -0.2) is 0 Å². The van der Waals surface area contributed by atoms with Gasteiger partial charge in [0.15, 0.2) is 0 Å². The molecular formula is C21H33N3O2. The fourth-order valence-electron chi connectivity index (χ4n) is 4.20. The quantitative estimate of drug-likeness (QED) is 0.589. The summed E-state index contributed by atoms with van der Waals surface area (Å²) in [5.74, 6) is 0.972. The number of carbonyl (C=O) groups excluding carboxylic acids is 1. The van der Waals surface area contributed by atoms with Crippen LogP contribution in [0.15, 0.2) is 18.2 Å². The molecule has 1 heterocycles. The topological polar surface area (TPSA) is 82.6 Å². The summed E-state index contributed by atoms with van der Waals surface area (Å²) in [6, 6.07) is 6.80. The van der Waals surface area contributed by atoms with E-state index in [2.05, 4.69) is 30.4 Å². The first-order valence-corrected chi connectivity index (χ1v) is 10.2. The molecule has 144 valence electrons. The van der Waals surface area contributed by atoms with Gasteiger partial charge >= 0.3 is 0 Å². The molecule has 0 spiro atoms. The van der Waals surface area contributed by atoms with Gasteiger partial charge in [-0.15, -0.1) is 0 Å². The summed E-state index contributed by atoms with van der Waals surface area (Å²) >= 11 is 0. The van der Waals surface area contributed by atoms with Gasteiger partial charge in [-0.3, -0.25) is 4.79 Å². The molecule has 3 unspecified atom stereocenters. The van der Waals surface area contributed by atoms with Gasteiger partial charge < -0.3 is 21.3 Å². The second-order valence-electron chi connectivity index (χ2n) is 8.33. The number of nitrogens with two attached hydrogens (primary N) is 1. The molecule has 5 nitrogen and oxygen atoms in total. The van der Waals surface area contributed by atoms with Crippen molar-refractivity contribution >= 4 is 5.91 Å². The van der Waals surface area contributed by atoms with E-state index in [1.165, 1.54) is 36.0 Å². The minimum absolute atomic E-state index is 0.139. The smallest absolute Gasteiger partial charge is 0.217 e. The Morgan fingerprint density at radius 1 is 1.42 bits per heavy atom. The van der Waals surface area contributed by atoms with E-state index in [1.807, 2.05) is 0 Å². The Morgan fingerprint density at radius 2 is 2.23 bits per heavy atom. The zero-order chi connectivity index (χ0) is 18.5. The molecule has 26 heavy (non-hydrogen) atoms. The monoisotopic (exact) mass is 359 g/mol. The number of hydroxylamine groups is 2. The van der Waals surface area contributed by atoms with Crippen molar-refractivity contribution in [3.63, 3.8) is 0 Å². The van der Waals surface area contributed by atoms with Crippen LogP contribution in [0.4, 0.5) is 0 Å². The summed E-state index contributed by atoms with van der Waals surface area (Å²) in [6.45, 7) is 4.55. The fraction of sp³-hybridized carbons (Fsp3) is 0.667. The normalized spacial score (nSPS) is 23.9. The van der Waals surface area contributed by atoms with Gasteiger partial charge in [0.05, 0.1) is 6.54 Å². The predicted octanol–water partition coefficient (Wildman–Crippen LogP) is 1.85. The lowest BCUT2D eigenvalue weighted by atomic mass is 9.78. The summed E-state index contributed by atoms with van der Waals surface area (Å²) < 4.78 is 0. The van der Waals surface area contributed by atoms with Crippen molar-refractivity contribution in [2.24, 2.45) is 17.6 Å². The summed E-state index contributed by atoms with van der Waals surface area (Å²) in [5, 5.41) is 16.4. The first kappa shape index (κ1) is 19.3. The first-order valence-electron chi connectivity index (χ1n) is 10.2. The van der Waals surface area contributed by atoms with Crippen LogP contribution in [0, 0.1) is 17.0 Å². The van der Waals surface area contributed by atoms with Crippen LogP contribution in [-0.4, -0.2) is 19.0 Å². The number of benzene rings is 1. The number of nitrogens with one attached hydrogen (secondary N) is 2. The van der Waals surface area contributed by atoms with Crippen LogP contribution in [0.25, 0.3) is 0 Å². The van der Waals surface area contributed by atoms with Crippen molar-refractivity contribution in [1.29, 1.82) is 0 Å². The van der Waals surface area contributed by atoms with Crippen molar-refractivity contribution < 1.29 is 9.86 Å². The fourth-order valence-corrected chi connectivity index (χ4v) is 4.20.